The van der Waals surface area contributed by atoms with Crippen LogP contribution in [0.3, 0.4) is 0 Å². The Balaban J connectivity index is 1.31. The van der Waals surface area contributed by atoms with E-state index in [1.807, 2.05) is 12.1 Å². The maximum Gasteiger partial charge on any atom is 0.123 e. The second-order valence-electron chi connectivity index (χ2n) is 17.0. The molecule has 0 aliphatic heterocycles. The average molecular weight is 757 g/mol. The van der Waals surface area contributed by atoms with Gasteiger partial charge in [-0.2, -0.15) is 0 Å². The molecule has 0 bridgehead atoms. The van der Waals surface area contributed by atoms with Crippen molar-refractivity contribution in [3.63, 3.8) is 0 Å². The Kier molecular flexibility index (Phi) is 8.03. The number of hydrogen-bond donors (Lipinski definition) is 0. The third-order valence-corrected chi connectivity index (χ3v) is 12.4. The Bertz CT molecular complexity index is 3460. The monoisotopic (exact) mass is 756 g/mol. The highest BCUT2D eigenvalue weighted by molar-refractivity contribution is 6.25. The zero-order valence-electron chi connectivity index (χ0n) is 33.4. The second kappa shape index (κ2) is 13.5. The third kappa shape index (κ3) is 5.88. The van der Waals surface area contributed by atoms with Crippen LogP contribution in [-0.4, -0.2) is 0 Å². The van der Waals surface area contributed by atoms with Crippen molar-refractivity contribution in [1.29, 1.82) is 0 Å². The maximum atomic E-state index is 14.5. The predicted molar refractivity (Wildman–Crippen MR) is 252 cm³/mol. The first-order valence-corrected chi connectivity index (χ1v) is 20.5. The minimum Gasteiger partial charge on any atom is -0.207 e. The fourth-order valence-electron chi connectivity index (χ4n) is 9.43. The molecule has 11 rings (SSSR count). The lowest BCUT2D eigenvalue weighted by Gasteiger charge is -2.21. The quantitative estimate of drug-likeness (QED) is 0.124. The molecular weight excluding hydrogens is 716 g/mol. The molecule has 0 heterocycles. The van der Waals surface area contributed by atoms with E-state index in [0.717, 1.165) is 22.1 Å². The van der Waals surface area contributed by atoms with Gasteiger partial charge in [-0.05, 0) is 169 Å². The molecule has 1 heteroatoms. The summed E-state index contributed by atoms with van der Waals surface area (Å²) >= 11 is 0. The summed E-state index contributed by atoms with van der Waals surface area (Å²) in [6.07, 6.45) is 0. The van der Waals surface area contributed by atoms with Gasteiger partial charge in [-0.3, -0.25) is 0 Å². The van der Waals surface area contributed by atoms with Crippen LogP contribution in [0.1, 0.15) is 26.3 Å². The molecule has 11 aromatic rings. The maximum absolute atomic E-state index is 14.5. The van der Waals surface area contributed by atoms with E-state index in [1.165, 1.54) is 92.6 Å². The van der Waals surface area contributed by atoms with Crippen LogP contribution in [0.15, 0.2) is 194 Å². The van der Waals surface area contributed by atoms with Crippen molar-refractivity contribution in [2.45, 2.75) is 26.2 Å². The van der Waals surface area contributed by atoms with Crippen LogP contribution in [0.25, 0.3) is 109 Å². The lowest BCUT2D eigenvalue weighted by atomic mass is 9.82. The molecule has 0 unspecified atom stereocenters. The van der Waals surface area contributed by atoms with Crippen molar-refractivity contribution >= 4 is 64.6 Å². The van der Waals surface area contributed by atoms with E-state index in [2.05, 4.69) is 191 Å². The minimum atomic E-state index is -0.242. The van der Waals surface area contributed by atoms with Crippen molar-refractivity contribution in [1.82, 2.24) is 0 Å². The lowest BCUT2D eigenvalue weighted by Crippen LogP contribution is -2.10. The van der Waals surface area contributed by atoms with Crippen LogP contribution in [0.5, 0.6) is 0 Å². The van der Waals surface area contributed by atoms with Gasteiger partial charge < -0.3 is 0 Å². The van der Waals surface area contributed by atoms with E-state index in [-0.39, 0.29) is 11.2 Å². The molecule has 0 radical (unpaired) electrons. The summed E-state index contributed by atoms with van der Waals surface area (Å²) in [4.78, 5) is 0. The SMILES string of the molecule is CC(C)(C)c1ccc(-c2ccc3c(-c4cc5ccccc5c5ccccc45)c4cc(-c5ccc(F)cc5)cc(-c5cc6ccccc6c6ccccc56)c4cc3c2)cc1. The highest BCUT2D eigenvalue weighted by atomic mass is 19.1. The molecule has 0 atom stereocenters. The van der Waals surface area contributed by atoms with Gasteiger partial charge in [0.1, 0.15) is 5.82 Å². The molecule has 11 aromatic carbocycles. The molecule has 0 spiro atoms. The summed E-state index contributed by atoms with van der Waals surface area (Å²) in [6.45, 7) is 6.79. The van der Waals surface area contributed by atoms with Gasteiger partial charge >= 0.3 is 0 Å². The highest BCUT2D eigenvalue weighted by Gasteiger charge is 2.21. The lowest BCUT2D eigenvalue weighted by molar-refractivity contribution is 0.590. The molecule has 0 amide bonds. The Morgan fingerprint density at radius 1 is 0.305 bits per heavy atom. The van der Waals surface area contributed by atoms with Gasteiger partial charge in [0.2, 0.25) is 0 Å². The molecule has 0 saturated carbocycles. The Morgan fingerprint density at radius 2 is 0.797 bits per heavy atom. The van der Waals surface area contributed by atoms with E-state index in [0.29, 0.717) is 0 Å². The van der Waals surface area contributed by atoms with Gasteiger partial charge in [-0.15, -0.1) is 0 Å². The number of benzene rings is 11. The summed E-state index contributed by atoms with van der Waals surface area (Å²) in [5.74, 6) is -0.242. The summed E-state index contributed by atoms with van der Waals surface area (Å²) in [7, 11) is 0. The molecule has 0 N–H and O–H groups in total. The molecule has 0 nitrogen and oxygen atoms in total. The summed E-state index contributed by atoms with van der Waals surface area (Å²) in [5, 5.41) is 14.5. The van der Waals surface area contributed by atoms with Gasteiger partial charge in [0.15, 0.2) is 0 Å². The minimum absolute atomic E-state index is 0.0778. The topological polar surface area (TPSA) is 0 Å². The Labute approximate surface area is 343 Å². The number of rotatable bonds is 4. The fraction of sp³-hybridized carbons (Fsp3) is 0.0690. The van der Waals surface area contributed by atoms with E-state index in [4.69, 9.17) is 0 Å². The molecule has 0 fully saturated rings. The van der Waals surface area contributed by atoms with Crippen molar-refractivity contribution in [3.05, 3.63) is 206 Å². The molecule has 0 aliphatic carbocycles. The fourth-order valence-corrected chi connectivity index (χ4v) is 9.43. The summed E-state index contributed by atoms with van der Waals surface area (Å²) in [6, 6.07) is 69.9. The summed E-state index contributed by atoms with van der Waals surface area (Å²) in [5.41, 5.74) is 10.5. The first-order valence-electron chi connectivity index (χ1n) is 20.5. The Morgan fingerprint density at radius 3 is 1.42 bits per heavy atom. The largest absolute Gasteiger partial charge is 0.207 e. The average Bonchev–Trinajstić information content (AvgIpc) is 3.27. The number of hydrogen-bond acceptors (Lipinski definition) is 0. The molecule has 0 saturated heterocycles. The van der Waals surface area contributed by atoms with Crippen LogP contribution in [0.4, 0.5) is 4.39 Å². The van der Waals surface area contributed by atoms with Gasteiger partial charge in [0, 0.05) is 0 Å². The van der Waals surface area contributed by atoms with E-state index >= 15 is 0 Å². The van der Waals surface area contributed by atoms with Crippen LogP contribution in [0, 0.1) is 5.82 Å². The van der Waals surface area contributed by atoms with Gasteiger partial charge in [0.25, 0.3) is 0 Å². The highest BCUT2D eigenvalue weighted by Crippen LogP contribution is 2.48. The molecule has 59 heavy (non-hydrogen) atoms. The van der Waals surface area contributed by atoms with Crippen LogP contribution in [0.2, 0.25) is 0 Å². The Hall–Kier alpha value is -7.09. The van der Waals surface area contributed by atoms with Crippen LogP contribution in [-0.2, 0) is 5.41 Å². The first kappa shape index (κ1) is 35.1. The second-order valence-corrected chi connectivity index (χ2v) is 17.0. The van der Waals surface area contributed by atoms with Crippen molar-refractivity contribution in [2.24, 2.45) is 0 Å². The molecule has 0 aromatic heterocycles. The van der Waals surface area contributed by atoms with Crippen molar-refractivity contribution in [2.75, 3.05) is 0 Å². The number of halogens is 1. The third-order valence-electron chi connectivity index (χ3n) is 12.4. The molecule has 0 aliphatic rings. The zero-order chi connectivity index (χ0) is 39.8. The first-order chi connectivity index (χ1) is 28.8. The van der Waals surface area contributed by atoms with E-state index in [1.54, 1.807) is 12.1 Å². The van der Waals surface area contributed by atoms with Crippen molar-refractivity contribution in [3.8, 4) is 44.5 Å². The smallest absolute Gasteiger partial charge is 0.123 e. The number of fused-ring (bicyclic) bond motifs is 8. The standard InChI is InChI=1S/C58H41F/c1-58(2,3)43-25-20-36(21-26-43)38-24-29-47-42(30-38)35-54-53(52-31-39-12-4-6-14-45(39)48-16-8-10-18-50(48)52)33-41(37-22-27-44(59)28-23-37)34-56(54)57(47)55-32-40-13-5-7-15-46(40)49-17-9-11-19-51(49)55/h4-35H,1-3H3. The normalized spacial score (nSPS) is 12.1. The van der Waals surface area contributed by atoms with Crippen LogP contribution < -0.4 is 0 Å². The summed E-state index contributed by atoms with van der Waals surface area (Å²) < 4.78 is 14.5. The van der Waals surface area contributed by atoms with Crippen LogP contribution >= 0.6 is 0 Å². The van der Waals surface area contributed by atoms with Gasteiger partial charge in [-0.25, -0.2) is 4.39 Å². The van der Waals surface area contributed by atoms with Gasteiger partial charge in [0.05, 0.1) is 0 Å². The zero-order valence-corrected chi connectivity index (χ0v) is 33.4. The predicted octanol–water partition coefficient (Wildman–Crippen LogP) is 16.7. The van der Waals surface area contributed by atoms with E-state index in [9.17, 15) is 4.39 Å². The molecular formula is C58H41F. The van der Waals surface area contributed by atoms with E-state index < -0.39 is 0 Å². The van der Waals surface area contributed by atoms with Gasteiger partial charge in [-0.1, -0.05) is 166 Å². The molecule has 280 valence electrons. The van der Waals surface area contributed by atoms with Crippen molar-refractivity contribution < 1.29 is 4.39 Å².